The third-order valence-electron chi connectivity index (χ3n) is 5.74. The van der Waals surface area contributed by atoms with Gasteiger partial charge < -0.3 is 10.2 Å². The first-order chi connectivity index (χ1) is 12.3. The fourth-order valence-corrected chi connectivity index (χ4v) is 4.28. The Labute approximate surface area is 161 Å². The van der Waals surface area contributed by atoms with Crippen molar-refractivity contribution in [3.63, 3.8) is 0 Å². The number of nitrogens with zero attached hydrogens (tertiary/aromatic N) is 3. The maximum absolute atomic E-state index is 13.2. The summed E-state index contributed by atoms with van der Waals surface area (Å²) in [5.74, 6) is 1.61. The summed E-state index contributed by atoms with van der Waals surface area (Å²) in [5.41, 5.74) is 2.77. The molecule has 0 spiro atoms. The van der Waals surface area contributed by atoms with Gasteiger partial charge in [-0.15, -0.1) is 12.4 Å². The van der Waals surface area contributed by atoms with Crippen LogP contribution in [0.2, 0.25) is 0 Å². The highest BCUT2D eigenvalue weighted by molar-refractivity contribution is 5.95. The Kier molecular flexibility index (Phi) is 5.99. The van der Waals surface area contributed by atoms with Crippen LogP contribution in [0.1, 0.15) is 35.8 Å². The fraction of sp³-hybridized carbons (Fsp3) is 0.500. The van der Waals surface area contributed by atoms with Crippen LogP contribution >= 0.6 is 12.4 Å². The lowest BCUT2D eigenvalue weighted by atomic mass is 9.92. The highest BCUT2D eigenvalue weighted by Gasteiger charge is 2.32. The molecule has 3 heterocycles. The van der Waals surface area contributed by atoms with Crippen LogP contribution in [0.25, 0.3) is 5.69 Å². The van der Waals surface area contributed by atoms with Crippen molar-refractivity contribution in [3.05, 3.63) is 47.8 Å². The van der Waals surface area contributed by atoms with Crippen molar-refractivity contribution in [2.24, 2.45) is 11.8 Å². The van der Waals surface area contributed by atoms with Gasteiger partial charge in [0, 0.05) is 13.1 Å². The number of rotatable bonds is 3. The van der Waals surface area contributed by atoms with E-state index in [1.165, 1.54) is 0 Å². The zero-order valence-corrected chi connectivity index (χ0v) is 16.0. The zero-order valence-electron chi connectivity index (χ0n) is 15.2. The van der Waals surface area contributed by atoms with Gasteiger partial charge in [0.1, 0.15) is 0 Å². The average molecular weight is 375 g/mol. The van der Waals surface area contributed by atoms with Crippen molar-refractivity contribution in [3.8, 4) is 5.69 Å². The molecule has 2 fully saturated rings. The number of aromatic nitrogens is 2. The van der Waals surface area contributed by atoms with Gasteiger partial charge in [-0.1, -0.05) is 25.1 Å². The monoisotopic (exact) mass is 374 g/mol. The van der Waals surface area contributed by atoms with Gasteiger partial charge in [0.05, 0.1) is 23.1 Å². The van der Waals surface area contributed by atoms with Crippen molar-refractivity contribution < 1.29 is 4.79 Å². The molecule has 2 aliphatic heterocycles. The van der Waals surface area contributed by atoms with E-state index >= 15 is 0 Å². The number of para-hydroxylation sites is 1. The maximum Gasteiger partial charge on any atom is 0.257 e. The summed E-state index contributed by atoms with van der Waals surface area (Å²) in [7, 11) is 0. The quantitative estimate of drug-likeness (QED) is 0.898. The first-order valence-electron chi connectivity index (χ1n) is 9.40. The molecule has 0 bridgehead atoms. The van der Waals surface area contributed by atoms with Crippen molar-refractivity contribution in [2.75, 3.05) is 26.2 Å². The molecule has 2 aromatic rings. The summed E-state index contributed by atoms with van der Waals surface area (Å²) < 4.78 is 1.91. The van der Waals surface area contributed by atoms with Crippen LogP contribution < -0.4 is 5.32 Å². The Morgan fingerprint density at radius 3 is 2.42 bits per heavy atom. The number of benzene rings is 1. The minimum absolute atomic E-state index is 0. The van der Waals surface area contributed by atoms with E-state index in [9.17, 15) is 4.79 Å². The minimum Gasteiger partial charge on any atom is -0.339 e. The van der Waals surface area contributed by atoms with Crippen LogP contribution in [0.4, 0.5) is 0 Å². The van der Waals surface area contributed by atoms with Crippen LogP contribution in [0.15, 0.2) is 36.5 Å². The summed E-state index contributed by atoms with van der Waals surface area (Å²) in [5, 5.41) is 8.00. The van der Waals surface area contributed by atoms with Gasteiger partial charge in [-0.05, 0) is 56.3 Å². The molecular formula is C20H27ClN4O. The second-order valence-corrected chi connectivity index (χ2v) is 7.15. The first kappa shape index (κ1) is 18.9. The van der Waals surface area contributed by atoms with Gasteiger partial charge in [0.15, 0.2) is 0 Å². The average Bonchev–Trinajstić information content (AvgIpc) is 3.24. The van der Waals surface area contributed by atoms with Gasteiger partial charge in [-0.3, -0.25) is 4.79 Å². The number of hydrogen-bond donors (Lipinski definition) is 1. The third-order valence-corrected chi connectivity index (χ3v) is 5.74. The molecule has 1 aromatic carbocycles. The Hall–Kier alpha value is -1.85. The van der Waals surface area contributed by atoms with E-state index in [-0.39, 0.29) is 18.3 Å². The van der Waals surface area contributed by atoms with Gasteiger partial charge in [0.2, 0.25) is 0 Å². The molecule has 0 radical (unpaired) electrons. The number of hydrogen-bond acceptors (Lipinski definition) is 3. The molecular weight excluding hydrogens is 348 g/mol. The normalized spacial score (nSPS) is 22.4. The number of likely N-dealkylation sites (tertiary alicyclic amines) is 1. The predicted octanol–water partition coefficient (Wildman–Crippen LogP) is 2.93. The van der Waals surface area contributed by atoms with E-state index < -0.39 is 0 Å². The van der Waals surface area contributed by atoms with Gasteiger partial charge >= 0.3 is 0 Å². The molecule has 0 saturated carbocycles. The van der Waals surface area contributed by atoms with Crippen LogP contribution in [0.3, 0.4) is 0 Å². The lowest BCUT2D eigenvalue weighted by molar-refractivity contribution is 0.0757. The summed E-state index contributed by atoms with van der Waals surface area (Å²) in [6, 6.07) is 10.0. The molecule has 1 amide bonds. The molecule has 2 saturated heterocycles. The molecule has 5 nitrogen and oxygen atoms in total. The highest BCUT2D eigenvalue weighted by atomic mass is 35.5. The van der Waals surface area contributed by atoms with Crippen molar-refractivity contribution in [1.29, 1.82) is 0 Å². The third kappa shape index (κ3) is 3.51. The molecule has 0 aliphatic carbocycles. The van der Waals surface area contributed by atoms with Gasteiger partial charge in [-0.2, -0.15) is 5.10 Å². The molecule has 26 heavy (non-hydrogen) atoms. The molecule has 2 aliphatic rings. The van der Waals surface area contributed by atoms with Gasteiger partial charge in [0.25, 0.3) is 5.91 Å². The van der Waals surface area contributed by atoms with E-state index in [2.05, 4.69) is 17.3 Å². The van der Waals surface area contributed by atoms with Crippen LogP contribution in [0, 0.1) is 11.8 Å². The smallest absolute Gasteiger partial charge is 0.257 e. The Morgan fingerprint density at radius 1 is 1.15 bits per heavy atom. The Bertz CT molecular complexity index is 732. The number of fused-ring (bicyclic) bond motifs is 1. The second-order valence-electron chi connectivity index (χ2n) is 7.15. The van der Waals surface area contributed by atoms with Crippen molar-refractivity contribution in [2.45, 2.75) is 26.2 Å². The number of nitrogens with one attached hydrogen (secondary N) is 1. The highest BCUT2D eigenvalue weighted by Crippen LogP contribution is 2.28. The molecule has 140 valence electrons. The minimum atomic E-state index is 0. The fourth-order valence-electron chi connectivity index (χ4n) is 4.28. The van der Waals surface area contributed by atoms with E-state index in [0.29, 0.717) is 0 Å². The summed E-state index contributed by atoms with van der Waals surface area (Å²) >= 11 is 0. The number of halogens is 1. The largest absolute Gasteiger partial charge is 0.339 e. The summed E-state index contributed by atoms with van der Waals surface area (Å²) in [4.78, 5) is 15.2. The van der Waals surface area contributed by atoms with Gasteiger partial charge in [-0.25, -0.2) is 4.68 Å². The standard InChI is InChI=1S/C20H26N4O.ClH/c1-2-19-18(14-22-24(19)17-6-4-3-5-7-17)20(25)23-10-8-15-12-21-13-16(15)9-11-23;/h3-7,14-16,21H,2,8-13H2,1H3;1H/t15-,16+;. The number of amides is 1. The zero-order chi connectivity index (χ0) is 17.2. The maximum atomic E-state index is 13.2. The first-order valence-corrected chi connectivity index (χ1v) is 9.40. The summed E-state index contributed by atoms with van der Waals surface area (Å²) in [6.07, 6.45) is 4.76. The number of carbonyl (C=O) groups is 1. The molecule has 1 N–H and O–H groups in total. The SMILES string of the molecule is CCc1c(C(=O)N2CC[C@@H]3CNC[C@@H]3CC2)cnn1-c1ccccc1.Cl. The molecule has 2 atom stereocenters. The second kappa shape index (κ2) is 8.23. The van der Waals surface area contributed by atoms with E-state index in [1.807, 2.05) is 39.9 Å². The molecule has 4 rings (SSSR count). The van der Waals surface area contributed by atoms with E-state index in [1.54, 1.807) is 6.20 Å². The van der Waals surface area contributed by atoms with Crippen LogP contribution in [-0.4, -0.2) is 46.8 Å². The lowest BCUT2D eigenvalue weighted by Gasteiger charge is -2.21. The number of carbonyl (C=O) groups excluding carboxylic acids is 1. The topological polar surface area (TPSA) is 50.2 Å². The lowest BCUT2D eigenvalue weighted by Crippen LogP contribution is -2.33. The van der Waals surface area contributed by atoms with E-state index in [0.717, 1.165) is 74.2 Å². The Morgan fingerprint density at radius 2 is 1.81 bits per heavy atom. The summed E-state index contributed by atoms with van der Waals surface area (Å²) in [6.45, 7) is 6.03. The van der Waals surface area contributed by atoms with Crippen molar-refractivity contribution in [1.82, 2.24) is 20.0 Å². The Balaban J connectivity index is 0.00000196. The van der Waals surface area contributed by atoms with Crippen LogP contribution in [0.5, 0.6) is 0 Å². The van der Waals surface area contributed by atoms with E-state index in [4.69, 9.17) is 0 Å². The molecule has 0 unspecified atom stereocenters. The molecule has 1 aromatic heterocycles. The van der Waals surface area contributed by atoms with Crippen LogP contribution in [-0.2, 0) is 6.42 Å². The molecule has 6 heteroatoms. The predicted molar refractivity (Wildman–Crippen MR) is 105 cm³/mol. The van der Waals surface area contributed by atoms with Crippen molar-refractivity contribution >= 4 is 18.3 Å².